The number of aliphatic hydroxyl groups excluding tert-OH is 1. The molecule has 0 saturated carbocycles. The minimum absolute atomic E-state index is 0.197. The number of hydrogen-bond donors (Lipinski definition) is 2. The fourth-order valence-corrected chi connectivity index (χ4v) is 1.95. The Bertz CT molecular complexity index is 290. The second-order valence-corrected chi connectivity index (χ2v) is 4.26. The summed E-state index contributed by atoms with van der Waals surface area (Å²) in [4.78, 5) is 8.16. The van der Waals surface area contributed by atoms with Crippen molar-refractivity contribution in [1.82, 2.24) is 9.97 Å². The molecule has 0 bridgehead atoms. The molecule has 0 aliphatic carbocycles. The summed E-state index contributed by atoms with van der Waals surface area (Å²) >= 11 is 1.76. The smallest absolute Gasteiger partial charge is 0.129 e. The van der Waals surface area contributed by atoms with Gasteiger partial charge in [0, 0.05) is 30.2 Å². The van der Waals surface area contributed by atoms with E-state index >= 15 is 0 Å². The first-order chi connectivity index (χ1) is 7.26. The van der Waals surface area contributed by atoms with E-state index < -0.39 is 0 Å². The van der Waals surface area contributed by atoms with Crippen molar-refractivity contribution in [2.75, 3.05) is 23.9 Å². The van der Waals surface area contributed by atoms with Gasteiger partial charge in [-0.2, -0.15) is 11.8 Å². The van der Waals surface area contributed by atoms with Gasteiger partial charge < -0.3 is 10.4 Å². The Hall–Kier alpha value is -0.810. The minimum Gasteiger partial charge on any atom is -0.396 e. The number of nitrogens with zero attached hydrogens (tertiary/aromatic N) is 2. The van der Waals surface area contributed by atoms with Gasteiger partial charge in [-0.25, -0.2) is 9.97 Å². The van der Waals surface area contributed by atoms with Crippen LogP contribution < -0.4 is 5.32 Å². The maximum absolute atomic E-state index is 8.91. The Morgan fingerprint density at radius 3 is 2.93 bits per heavy atom. The SMILES string of the molecule is CSCC(CCO)Nc1cc(C)ncn1. The van der Waals surface area contributed by atoms with Gasteiger partial charge in [-0.1, -0.05) is 0 Å². The molecule has 0 radical (unpaired) electrons. The summed E-state index contributed by atoms with van der Waals surface area (Å²) in [6, 6.07) is 2.17. The number of anilines is 1. The van der Waals surface area contributed by atoms with Gasteiger partial charge in [0.25, 0.3) is 0 Å². The lowest BCUT2D eigenvalue weighted by molar-refractivity contribution is 0.282. The van der Waals surface area contributed by atoms with Gasteiger partial charge in [0.15, 0.2) is 0 Å². The Morgan fingerprint density at radius 1 is 1.53 bits per heavy atom. The van der Waals surface area contributed by atoms with Gasteiger partial charge in [0.2, 0.25) is 0 Å². The Balaban J connectivity index is 2.56. The maximum Gasteiger partial charge on any atom is 0.129 e. The fraction of sp³-hybridized carbons (Fsp3) is 0.600. The summed E-state index contributed by atoms with van der Waals surface area (Å²) < 4.78 is 0. The van der Waals surface area contributed by atoms with Crippen LogP contribution in [-0.2, 0) is 0 Å². The van der Waals surface area contributed by atoms with E-state index in [4.69, 9.17) is 5.11 Å². The number of rotatable bonds is 6. The maximum atomic E-state index is 8.91. The number of nitrogens with one attached hydrogen (secondary N) is 1. The highest BCUT2D eigenvalue weighted by atomic mass is 32.2. The van der Waals surface area contributed by atoms with Crippen LogP contribution in [0.15, 0.2) is 12.4 Å². The highest BCUT2D eigenvalue weighted by Crippen LogP contribution is 2.09. The standard InChI is InChI=1S/C10H17N3OS/c1-8-5-10(12-7-11-8)13-9(3-4-14)6-15-2/h5,7,9,14H,3-4,6H2,1-2H3,(H,11,12,13). The van der Waals surface area contributed by atoms with E-state index in [-0.39, 0.29) is 12.6 Å². The molecule has 0 spiro atoms. The first-order valence-corrected chi connectivity index (χ1v) is 6.30. The number of aryl methyl sites for hydroxylation is 1. The van der Waals surface area contributed by atoms with E-state index in [9.17, 15) is 0 Å². The minimum atomic E-state index is 0.197. The van der Waals surface area contributed by atoms with Crippen molar-refractivity contribution >= 4 is 17.6 Å². The van der Waals surface area contributed by atoms with Gasteiger partial charge in [-0.05, 0) is 19.6 Å². The molecule has 84 valence electrons. The summed E-state index contributed by atoms with van der Waals surface area (Å²) in [6.07, 6.45) is 4.34. The molecule has 0 aliphatic heterocycles. The van der Waals surface area contributed by atoms with Gasteiger partial charge in [0.05, 0.1) is 0 Å². The lowest BCUT2D eigenvalue weighted by Crippen LogP contribution is -2.24. The van der Waals surface area contributed by atoms with Crippen molar-refractivity contribution in [3.05, 3.63) is 18.1 Å². The Labute approximate surface area is 94.5 Å². The van der Waals surface area contributed by atoms with E-state index in [2.05, 4.69) is 21.5 Å². The molecule has 0 amide bonds. The van der Waals surface area contributed by atoms with Crippen LogP contribution in [0.1, 0.15) is 12.1 Å². The van der Waals surface area contributed by atoms with Crippen molar-refractivity contribution in [3.63, 3.8) is 0 Å². The van der Waals surface area contributed by atoms with E-state index in [0.29, 0.717) is 0 Å². The third-order valence-electron chi connectivity index (χ3n) is 2.00. The van der Waals surface area contributed by atoms with Crippen molar-refractivity contribution in [3.8, 4) is 0 Å². The molecule has 1 aromatic heterocycles. The predicted molar refractivity (Wildman–Crippen MR) is 64.3 cm³/mol. The molecule has 4 nitrogen and oxygen atoms in total. The first-order valence-electron chi connectivity index (χ1n) is 4.91. The van der Waals surface area contributed by atoms with E-state index in [1.165, 1.54) is 0 Å². The van der Waals surface area contributed by atoms with Crippen LogP contribution in [0, 0.1) is 6.92 Å². The zero-order valence-electron chi connectivity index (χ0n) is 9.10. The Kier molecular flexibility index (Phi) is 5.42. The van der Waals surface area contributed by atoms with Crippen LogP contribution in [0.3, 0.4) is 0 Å². The van der Waals surface area contributed by atoms with Crippen molar-refractivity contribution in [2.24, 2.45) is 0 Å². The van der Waals surface area contributed by atoms with Crippen molar-refractivity contribution < 1.29 is 5.11 Å². The molecule has 1 rings (SSSR count). The monoisotopic (exact) mass is 227 g/mol. The highest BCUT2D eigenvalue weighted by Gasteiger charge is 2.07. The fourth-order valence-electron chi connectivity index (χ4n) is 1.30. The summed E-state index contributed by atoms with van der Waals surface area (Å²) in [5, 5.41) is 12.2. The van der Waals surface area contributed by atoms with Gasteiger partial charge >= 0.3 is 0 Å². The summed E-state index contributed by atoms with van der Waals surface area (Å²) in [5.41, 5.74) is 0.944. The molecule has 0 aliphatic rings. The molecular weight excluding hydrogens is 210 g/mol. The molecule has 1 aromatic rings. The lowest BCUT2D eigenvalue weighted by atomic mass is 10.2. The topological polar surface area (TPSA) is 58.0 Å². The number of hydrogen-bond acceptors (Lipinski definition) is 5. The highest BCUT2D eigenvalue weighted by molar-refractivity contribution is 7.98. The third-order valence-corrected chi connectivity index (χ3v) is 2.74. The average Bonchev–Trinajstić information content (AvgIpc) is 2.18. The summed E-state index contributed by atoms with van der Waals surface area (Å²) in [5.74, 6) is 1.79. The van der Waals surface area contributed by atoms with Gasteiger partial charge in [-0.15, -0.1) is 0 Å². The second kappa shape index (κ2) is 6.63. The summed E-state index contributed by atoms with van der Waals surface area (Å²) in [6.45, 7) is 2.13. The third kappa shape index (κ3) is 4.48. The van der Waals surface area contributed by atoms with Crippen LogP contribution in [0.5, 0.6) is 0 Å². The average molecular weight is 227 g/mol. The molecule has 1 unspecified atom stereocenters. The Morgan fingerprint density at radius 2 is 2.33 bits per heavy atom. The molecule has 5 heteroatoms. The molecule has 15 heavy (non-hydrogen) atoms. The summed E-state index contributed by atoms with van der Waals surface area (Å²) in [7, 11) is 0. The van der Waals surface area contributed by atoms with Crippen LogP contribution >= 0.6 is 11.8 Å². The largest absolute Gasteiger partial charge is 0.396 e. The van der Waals surface area contributed by atoms with E-state index in [1.54, 1.807) is 18.1 Å². The molecule has 0 aromatic carbocycles. The van der Waals surface area contributed by atoms with Crippen LogP contribution in [0.25, 0.3) is 0 Å². The molecule has 1 atom stereocenters. The lowest BCUT2D eigenvalue weighted by Gasteiger charge is -2.17. The van der Waals surface area contributed by atoms with Crippen LogP contribution in [-0.4, -0.2) is 39.7 Å². The van der Waals surface area contributed by atoms with Crippen molar-refractivity contribution in [2.45, 2.75) is 19.4 Å². The van der Waals surface area contributed by atoms with Crippen LogP contribution in [0.4, 0.5) is 5.82 Å². The normalized spacial score (nSPS) is 12.5. The second-order valence-electron chi connectivity index (χ2n) is 3.35. The van der Waals surface area contributed by atoms with Crippen LogP contribution in [0.2, 0.25) is 0 Å². The van der Waals surface area contributed by atoms with E-state index in [0.717, 1.165) is 23.7 Å². The zero-order chi connectivity index (χ0) is 11.1. The number of thioether (sulfide) groups is 1. The molecule has 0 fully saturated rings. The first kappa shape index (κ1) is 12.3. The predicted octanol–water partition coefficient (Wildman–Crippen LogP) is 1.31. The van der Waals surface area contributed by atoms with Gasteiger partial charge in [0.1, 0.15) is 12.1 Å². The number of aromatic nitrogens is 2. The van der Waals surface area contributed by atoms with Crippen molar-refractivity contribution in [1.29, 1.82) is 0 Å². The molecule has 2 N–H and O–H groups in total. The van der Waals surface area contributed by atoms with E-state index in [1.807, 2.05) is 13.0 Å². The zero-order valence-corrected chi connectivity index (χ0v) is 9.92. The molecule has 1 heterocycles. The van der Waals surface area contributed by atoms with Gasteiger partial charge in [-0.3, -0.25) is 0 Å². The quantitative estimate of drug-likeness (QED) is 0.767. The molecular formula is C10H17N3OS. The number of aliphatic hydroxyl groups is 1. The molecule has 0 saturated heterocycles.